The molecule has 5 heteroatoms. The molecule has 3 saturated carbocycles. The van der Waals surface area contributed by atoms with Crippen LogP contribution in [0.4, 0.5) is 0 Å². The van der Waals surface area contributed by atoms with Gasteiger partial charge in [0.15, 0.2) is 0 Å². The zero-order valence-electron chi connectivity index (χ0n) is 24.4. The fourth-order valence-electron chi connectivity index (χ4n) is 9.25. The normalized spacial score (nSPS) is 41.1. The van der Waals surface area contributed by atoms with Crippen LogP contribution in [0.1, 0.15) is 105 Å². The monoisotopic (exact) mass is 520 g/mol. The molecule has 0 aromatic carbocycles. The molecule has 4 rings (SSSR count). The summed E-state index contributed by atoms with van der Waals surface area (Å²) in [4.78, 5) is 0. The molecule has 3 N–H and O–H groups in total. The van der Waals surface area contributed by atoms with Crippen molar-refractivity contribution in [2.24, 2.45) is 40.4 Å². The molecule has 5 nitrogen and oxygen atoms in total. The molecule has 37 heavy (non-hydrogen) atoms. The lowest BCUT2D eigenvalue weighted by molar-refractivity contribution is -0.151. The van der Waals surface area contributed by atoms with Crippen molar-refractivity contribution < 1.29 is 24.8 Å². The van der Waals surface area contributed by atoms with Crippen LogP contribution in [-0.2, 0) is 9.47 Å². The number of hydrogen-bond donors (Lipinski definition) is 3. The molecular weight excluding hydrogens is 464 g/mol. The lowest BCUT2D eigenvalue weighted by Crippen LogP contribution is -2.56. The van der Waals surface area contributed by atoms with Crippen molar-refractivity contribution in [3.05, 3.63) is 11.6 Å². The predicted molar refractivity (Wildman–Crippen MR) is 148 cm³/mol. The Bertz CT molecular complexity index is 781. The minimum Gasteiger partial charge on any atom is -0.394 e. The Morgan fingerprint density at radius 1 is 1.00 bits per heavy atom. The Labute approximate surface area is 226 Å². The summed E-state index contributed by atoms with van der Waals surface area (Å²) in [6, 6.07) is 0. The van der Waals surface area contributed by atoms with Gasteiger partial charge in [-0.15, -0.1) is 0 Å². The molecule has 0 bridgehead atoms. The first-order chi connectivity index (χ1) is 17.5. The molecule has 0 aliphatic heterocycles. The summed E-state index contributed by atoms with van der Waals surface area (Å²) in [5.74, 6) is 3.19. The van der Waals surface area contributed by atoms with Gasteiger partial charge in [-0.3, -0.25) is 0 Å². The van der Waals surface area contributed by atoms with E-state index in [1.165, 1.54) is 44.9 Å². The zero-order chi connectivity index (χ0) is 26.8. The van der Waals surface area contributed by atoms with Gasteiger partial charge in [0, 0.05) is 0 Å². The third-order valence-electron chi connectivity index (χ3n) is 11.6. The van der Waals surface area contributed by atoms with Crippen LogP contribution in [0.2, 0.25) is 0 Å². The first-order valence-electron chi connectivity index (χ1n) is 15.4. The van der Waals surface area contributed by atoms with Crippen LogP contribution in [0.15, 0.2) is 11.6 Å². The van der Waals surface area contributed by atoms with Gasteiger partial charge in [-0.2, -0.15) is 0 Å². The summed E-state index contributed by atoms with van der Waals surface area (Å²) < 4.78 is 11.6. The fraction of sp³-hybridized carbons (Fsp3) is 0.938. The third-order valence-corrected chi connectivity index (χ3v) is 11.6. The minimum atomic E-state index is -0.808. The molecule has 0 radical (unpaired) electrons. The summed E-state index contributed by atoms with van der Waals surface area (Å²) in [6.07, 6.45) is 14.7. The van der Waals surface area contributed by atoms with Gasteiger partial charge < -0.3 is 24.8 Å². The number of allylic oxidation sites excluding steroid dienone is 1. The van der Waals surface area contributed by atoms with Gasteiger partial charge in [0.25, 0.3) is 0 Å². The largest absolute Gasteiger partial charge is 0.394 e. The molecule has 4 aliphatic carbocycles. The molecule has 0 saturated heterocycles. The van der Waals surface area contributed by atoms with E-state index in [0.717, 1.165) is 37.5 Å². The maximum absolute atomic E-state index is 12.2. The summed E-state index contributed by atoms with van der Waals surface area (Å²) in [5, 5.41) is 30.5. The average molecular weight is 521 g/mol. The molecule has 2 unspecified atom stereocenters. The van der Waals surface area contributed by atoms with Crippen LogP contribution in [0, 0.1) is 40.4 Å². The average Bonchev–Trinajstić information content (AvgIpc) is 3.15. The summed E-state index contributed by atoms with van der Waals surface area (Å²) in [7, 11) is 0. The van der Waals surface area contributed by atoms with Gasteiger partial charge in [0.1, 0.15) is 6.10 Å². The van der Waals surface area contributed by atoms with Crippen molar-refractivity contribution >= 4 is 0 Å². The smallest absolute Gasteiger partial charge is 0.100 e. The first kappa shape index (κ1) is 29.5. The second-order valence-electron chi connectivity index (χ2n) is 14.1. The van der Waals surface area contributed by atoms with E-state index in [9.17, 15) is 10.2 Å². The third kappa shape index (κ3) is 5.73. The lowest BCUT2D eigenvalue weighted by Gasteiger charge is -2.60. The molecule has 214 valence electrons. The molecule has 0 spiro atoms. The van der Waals surface area contributed by atoms with E-state index in [-0.39, 0.29) is 30.1 Å². The minimum absolute atomic E-state index is 0.0526. The Balaban J connectivity index is 1.36. The van der Waals surface area contributed by atoms with Crippen molar-refractivity contribution in [2.75, 3.05) is 26.4 Å². The van der Waals surface area contributed by atoms with Crippen molar-refractivity contribution in [3.8, 4) is 0 Å². The van der Waals surface area contributed by atoms with E-state index in [1.54, 1.807) is 5.57 Å². The van der Waals surface area contributed by atoms with Gasteiger partial charge >= 0.3 is 0 Å². The van der Waals surface area contributed by atoms with Crippen LogP contribution >= 0.6 is 0 Å². The number of fused-ring (bicyclic) bond motifs is 5. The summed E-state index contributed by atoms with van der Waals surface area (Å²) in [6.45, 7) is 12.8. The quantitative estimate of drug-likeness (QED) is 0.221. The highest BCUT2D eigenvalue weighted by atomic mass is 16.5. The lowest BCUT2D eigenvalue weighted by atomic mass is 9.46. The molecule has 0 aromatic rings. The molecule has 0 aromatic heterocycles. The summed E-state index contributed by atoms with van der Waals surface area (Å²) >= 11 is 0. The van der Waals surface area contributed by atoms with E-state index in [4.69, 9.17) is 14.6 Å². The van der Waals surface area contributed by atoms with E-state index in [1.807, 2.05) is 0 Å². The van der Waals surface area contributed by atoms with Gasteiger partial charge in [-0.1, -0.05) is 59.1 Å². The summed E-state index contributed by atoms with van der Waals surface area (Å²) in [5.41, 5.74) is 1.43. The second kappa shape index (κ2) is 12.0. The van der Waals surface area contributed by atoms with E-state index < -0.39 is 11.7 Å². The number of hydrogen-bond acceptors (Lipinski definition) is 5. The highest BCUT2D eigenvalue weighted by Crippen LogP contribution is 2.68. The molecule has 4 aliphatic rings. The van der Waals surface area contributed by atoms with Crippen molar-refractivity contribution in [1.82, 2.24) is 0 Å². The first-order valence-corrected chi connectivity index (χ1v) is 15.4. The Hall–Kier alpha value is -0.460. The Morgan fingerprint density at radius 3 is 2.49 bits per heavy atom. The van der Waals surface area contributed by atoms with Crippen LogP contribution in [-0.4, -0.2) is 59.6 Å². The standard InChI is InChI=1S/C32H56O5/c1-22(2)7-6-8-23(3)32(35)16-13-29-27-10-9-24-19-26(37-18-17-36-21-25(34)20-33)11-14-30(24,4)28(27)12-15-31(29,32)5/h9,22-23,25-29,33-35H,6-8,10-21H2,1-5H3/t23?,25?,26-,27+,28-,29-,30-,31-,32-/m0/s1. The molecular formula is C32H56O5. The topological polar surface area (TPSA) is 79.2 Å². The molecule has 9 atom stereocenters. The van der Waals surface area contributed by atoms with Crippen LogP contribution in [0.5, 0.6) is 0 Å². The van der Waals surface area contributed by atoms with Crippen molar-refractivity contribution in [3.63, 3.8) is 0 Å². The van der Waals surface area contributed by atoms with E-state index in [0.29, 0.717) is 31.0 Å². The molecule has 0 amide bonds. The number of ether oxygens (including phenoxy) is 2. The van der Waals surface area contributed by atoms with Gasteiger partial charge in [-0.25, -0.2) is 0 Å². The highest BCUT2D eigenvalue weighted by Gasteiger charge is 2.64. The maximum atomic E-state index is 12.2. The second-order valence-corrected chi connectivity index (χ2v) is 14.1. The number of aliphatic hydroxyl groups excluding tert-OH is 2. The molecule has 0 heterocycles. The molecule has 3 fully saturated rings. The fourth-order valence-corrected chi connectivity index (χ4v) is 9.25. The zero-order valence-corrected chi connectivity index (χ0v) is 24.4. The van der Waals surface area contributed by atoms with Crippen LogP contribution in [0.25, 0.3) is 0 Å². The van der Waals surface area contributed by atoms with Gasteiger partial charge in [0.05, 0.1) is 38.1 Å². The Morgan fingerprint density at radius 2 is 1.76 bits per heavy atom. The van der Waals surface area contributed by atoms with Gasteiger partial charge in [0.2, 0.25) is 0 Å². The Kier molecular flexibility index (Phi) is 9.54. The number of aliphatic hydroxyl groups is 3. The van der Waals surface area contributed by atoms with Crippen molar-refractivity contribution in [2.45, 2.75) is 123 Å². The highest BCUT2D eigenvalue weighted by molar-refractivity contribution is 5.26. The number of rotatable bonds is 12. The van der Waals surface area contributed by atoms with Crippen molar-refractivity contribution in [1.29, 1.82) is 0 Å². The van der Waals surface area contributed by atoms with Gasteiger partial charge in [-0.05, 0) is 98.2 Å². The maximum Gasteiger partial charge on any atom is 0.100 e. The van der Waals surface area contributed by atoms with Crippen LogP contribution < -0.4 is 0 Å². The van der Waals surface area contributed by atoms with E-state index >= 15 is 0 Å². The predicted octanol–water partition coefficient (Wildman–Crippen LogP) is 5.90. The van der Waals surface area contributed by atoms with Crippen LogP contribution in [0.3, 0.4) is 0 Å². The van der Waals surface area contributed by atoms with E-state index in [2.05, 4.69) is 40.7 Å². The SMILES string of the molecule is CC(C)CCCC(C)[C@@]1(O)CC[C@H]2[C@@H]3CC=C4C[C@@H](OCCOCC(O)CO)CC[C@]4(C)[C@H]3CC[C@@]21C.